The molecule has 0 spiro atoms. The van der Waals surface area contributed by atoms with Gasteiger partial charge in [-0.3, -0.25) is 0 Å². The SMILES string of the molecule is Cc1c(C)c2c(c(C)c1N)CCCC2C. The van der Waals surface area contributed by atoms with Crippen molar-refractivity contribution in [2.45, 2.75) is 52.9 Å². The number of fused-ring (bicyclic) bond motifs is 1. The molecule has 0 aromatic heterocycles. The van der Waals surface area contributed by atoms with Crippen LogP contribution in [0.3, 0.4) is 0 Å². The zero-order valence-corrected chi connectivity index (χ0v) is 10.3. The lowest BCUT2D eigenvalue weighted by atomic mass is 9.77. The molecule has 0 fully saturated rings. The molecule has 1 heteroatoms. The summed E-state index contributed by atoms with van der Waals surface area (Å²) < 4.78 is 0. The zero-order chi connectivity index (χ0) is 11.2. The quantitative estimate of drug-likeness (QED) is 0.640. The van der Waals surface area contributed by atoms with Crippen molar-refractivity contribution in [3.63, 3.8) is 0 Å². The van der Waals surface area contributed by atoms with Crippen LogP contribution in [-0.4, -0.2) is 0 Å². The van der Waals surface area contributed by atoms with Crippen molar-refractivity contribution in [2.75, 3.05) is 5.73 Å². The molecule has 1 aromatic carbocycles. The highest BCUT2D eigenvalue weighted by atomic mass is 14.6. The van der Waals surface area contributed by atoms with Crippen molar-refractivity contribution in [1.29, 1.82) is 0 Å². The highest BCUT2D eigenvalue weighted by molar-refractivity contribution is 5.63. The summed E-state index contributed by atoms with van der Waals surface area (Å²) >= 11 is 0. The molecule has 0 amide bonds. The van der Waals surface area contributed by atoms with E-state index in [0.29, 0.717) is 5.92 Å². The van der Waals surface area contributed by atoms with E-state index < -0.39 is 0 Å². The summed E-state index contributed by atoms with van der Waals surface area (Å²) in [4.78, 5) is 0. The van der Waals surface area contributed by atoms with E-state index >= 15 is 0 Å². The van der Waals surface area contributed by atoms with Crippen molar-refractivity contribution in [3.05, 3.63) is 27.8 Å². The van der Waals surface area contributed by atoms with Gasteiger partial charge in [0.15, 0.2) is 0 Å². The van der Waals surface area contributed by atoms with E-state index in [9.17, 15) is 0 Å². The number of anilines is 1. The van der Waals surface area contributed by atoms with Crippen LogP contribution >= 0.6 is 0 Å². The summed E-state index contributed by atoms with van der Waals surface area (Å²) in [6.07, 6.45) is 3.87. The van der Waals surface area contributed by atoms with Crippen LogP contribution in [0, 0.1) is 20.8 Å². The summed E-state index contributed by atoms with van der Waals surface area (Å²) in [5.74, 6) is 0.715. The minimum Gasteiger partial charge on any atom is -0.398 e. The highest BCUT2D eigenvalue weighted by Gasteiger charge is 2.22. The monoisotopic (exact) mass is 203 g/mol. The predicted molar refractivity (Wildman–Crippen MR) is 66.4 cm³/mol. The number of hydrogen-bond donors (Lipinski definition) is 1. The Morgan fingerprint density at radius 2 is 1.73 bits per heavy atom. The molecule has 1 nitrogen and oxygen atoms in total. The maximum absolute atomic E-state index is 6.15. The molecular formula is C14H21N. The maximum atomic E-state index is 6.15. The molecule has 1 aliphatic rings. The van der Waals surface area contributed by atoms with Crippen LogP contribution in [0.5, 0.6) is 0 Å². The summed E-state index contributed by atoms with van der Waals surface area (Å²) in [5.41, 5.74) is 14.3. The summed E-state index contributed by atoms with van der Waals surface area (Å²) in [7, 11) is 0. The third kappa shape index (κ3) is 1.45. The van der Waals surface area contributed by atoms with Crippen molar-refractivity contribution in [3.8, 4) is 0 Å². The van der Waals surface area contributed by atoms with Crippen LogP contribution in [0.4, 0.5) is 5.69 Å². The first-order valence-electron chi connectivity index (χ1n) is 5.92. The minimum atomic E-state index is 0.715. The maximum Gasteiger partial charge on any atom is 0.0379 e. The van der Waals surface area contributed by atoms with Crippen LogP contribution in [0.25, 0.3) is 0 Å². The molecule has 1 atom stereocenters. The number of benzene rings is 1. The number of nitrogen functional groups attached to an aromatic ring is 1. The molecule has 0 aliphatic heterocycles. The average molecular weight is 203 g/mol. The average Bonchev–Trinajstić information content (AvgIpc) is 2.23. The lowest BCUT2D eigenvalue weighted by molar-refractivity contribution is 0.584. The van der Waals surface area contributed by atoms with E-state index in [2.05, 4.69) is 27.7 Å². The second-order valence-electron chi connectivity index (χ2n) is 4.97. The fourth-order valence-electron chi connectivity index (χ4n) is 2.99. The van der Waals surface area contributed by atoms with Gasteiger partial charge in [0, 0.05) is 5.69 Å². The van der Waals surface area contributed by atoms with E-state index in [1.54, 1.807) is 5.56 Å². The van der Waals surface area contributed by atoms with Gasteiger partial charge in [0.05, 0.1) is 0 Å². The third-order valence-electron chi connectivity index (χ3n) is 4.11. The van der Waals surface area contributed by atoms with Crippen LogP contribution in [0.2, 0.25) is 0 Å². The molecule has 2 N–H and O–H groups in total. The largest absolute Gasteiger partial charge is 0.398 e. The Hall–Kier alpha value is -0.980. The Kier molecular flexibility index (Phi) is 2.49. The molecule has 15 heavy (non-hydrogen) atoms. The van der Waals surface area contributed by atoms with Gasteiger partial charge in [-0.25, -0.2) is 0 Å². The second kappa shape index (κ2) is 3.55. The van der Waals surface area contributed by atoms with Crippen molar-refractivity contribution >= 4 is 5.69 Å². The van der Waals surface area contributed by atoms with Gasteiger partial charge in [-0.2, -0.15) is 0 Å². The molecule has 0 radical (unpaired) electrons. The van der Waals surface area contributed by atoms with Crippen molar-refractivity contribution in [1.82, 2.24) is 0 Å². The number of rotatable bonds is 0. The number of hydrogen-bond acceptors (Lipinski definition) is 1. The molecule has 0 saturated carbocycles. The molecule has 0 heterocycles. The summed E-state index contributed by atoms with van der Waals surface area (Å²) in [6.45, 7) is 8.91. The second-order valence-corrected chi connectivity index (χ2v) is 4.97. The molecule has 0 saturated heterocycles. The highest BCUT2D eigenvalue weighted by Crippen LogP contribution is 2.39. The van der Waals surface area contributed by atoms with E-state index in [0.717, 1.165) is 5.69 Å². The van der Waals surface area contributed by atoms with Gasteiger partial charge in [0.25, 0.3) is 0 Å². The van der Waals surface area contributed by atoms with Gasteiger partial charge in [0.1, 0.15) is 0 Å². The lowest BCUT2D eigenvalue weighted by Gasteiger charge is -2.28. The van der Waals surface area contributed by atoms with Gasteiger partial charge < -0.3 is 5.73 Å². The van der Waals surface area contributed by atoms with E-state index in [-0.39, 0.29) is 0 Å². The first-order valence-corrected chi connectivity index (χ1v) is 5.92. The molecule has 1 aromatic rings. The Balaban J connectivity index is 2.74. The first-order chi connectivity index (χ1) is 7.04. The van der Waals surface area contributed by atoms with Crippen molar-refractivity contribution in [2.24, 2.45) is 0 Å². The molecule has 1 aliphatic carbocycles. The van der Waals surface area contributed by atoms with Crippen LogP contribution < -0.4 is 5.73 Å². The zero-order valence-electron chi connectivity index (χ0n) is 10.3. The first kappa shape index (κ1) is 10.5. The van der Waals surface area contributed by atoms with Gasteiger partial charge in [-0.1, -0.05) is 6.92 Å². The topological polar surface area (TPSA) is 26.0 Å². The number of nitrogens with two attached hydrogens (primary N) is 1. The Bertz CT molecular complexity index is 405. The van der Waals surface area contributed by atoms with E-state index in [1.165, 1.54) is 41.5 Å². The molecular weight excluding hydrogens is 182 g/mol. The van der Waals surface area contributed by atoms with E-state index in [4.69, 9.17) is 5.73 Å². The molecule has 82 valence electrons. The van der Waals surface area contributed by atoms with Gasteiger partial charge in [-0.05, 0) is 73.8 Å². The van der Waals surface area contributed by atoms with Gasteiger partial charge in [0.2, 0.25) is 0 Å². The van der Waals surface area contributed by atoms with Crippen molar-refractivity contribution < 1.29 is 0 Å². The predicted octanol–water partition coefficient (Wildman–Crippen LogP) is 3.63. The smallest absolute Gasteiger partial charge is 0.0379 e. The lowest BCUT2D eigenvalue weighted by Crippen LogP contribution is -2.14. The Labute approximate surface area is 92.7 Å². The molecule has 2 rings (SSSR count). The molecule has 0 bridgehead atoms. The fraction of sp³-hybridized carbons (Fsp3) is 0.571. The normalized spacial score (nSPS) is 20.1. The van der Waals surface area contributed by atoms with Crippen LogP contribution in [0.15, 0.2) is 0 Å². The Morgan fingerprint density at radius 3 is 2.40 bits per heavy atom. The fourth-order valence-corrected chi connectivity index (χ4v) is 2.99. The standard InChI is InChI=1S/C14H21N/c1-8-6-5-7-12-11(4)14(15)10(3)9(2)13(8)12/h8H,5-7,15H2,1-4H3. The summed E-state index contributed by atoms with van der Waals surface area (Å²) in [5, 5.41) is 0. The Morgan fingerprint density at radius 1 is 1.07 bits per heavy atom. The molecule has 1 unspecified atom stereocenters. The van der Waals surface area contributed by atoms with E-state index in [1.807, 2.05) is 0 Å². The van der Waals surface area contributed by atoms with Crippen LogP contribution in [-0.2, 0) is 6.42 Å². The van der Waals surface area contributed by atoms with Gasteiger partial charge in [-0.15, -0.1) is 0 Å². The minimum absolute atomic E-state index is 0.715. The van der Waals surface area contributed by atoms with Crippen LogP contribution in [0.1, 0.15) is 53.5 Å². The van der Waals surface area contributed by atoms with Gasteiger partial charge >= 0.3 is 0 Å². The summed E-state index contributed by atoms with van der Waals surface area (Å²) in [6, 6.07) is 0. The third-order valence-corrected chi connectivity index (χ3v) is 4.11.